The normalized spacial score (nSPS) is 20.0. The van der Waals surface area contributed by atoms with E-state index in [1.165, 1.54) is 0 Å². The number of amides is 1. The van der Waals surface area contributed by atoms with Crippen molar-refractivity contribution in [3.05, 3.63) is 0 Å². The van der Waals surface area contributed by atoms with Crippen LogP contribution in [-0.4, -0.2) is 54.7 Å². The summed E-state index contributed by atoms with van der Waals surface area (Å²) in [6.45, 7) is 3.89. The Labute approximate surface area is 85.5 Å². The number of hydrogen-bond donors (Lipinski definition) is 1. The molecule has 13 heavy (non-hydrogen) atoms. The van der Waals surface area contributed by atoms with Crippen LogP contribution in [0.15, 0.2) is 0 Å². The van der Waals surface area contributed by atoms with Gasteiger partial charge in [-0.05, 0) is 25.8 Å². The maximum absolute atomic E-state index is 11.5. The van der Waals surface area contributed by atoms with Gasteiger partial charge in [0.15, 0.2) is 0 Å². The monoisotopic (exact) mass is 202 g/mol. The van der Waals surface area contributed by atoms with Crippen molar-refractivity contribution in [3.8, 4) is 0 Å². The predicted octanol–water partition coefficient (Wildman–Crippen LogP) is 0.470. The lowest BCUT2D eigenvalue weighted by molar-refractivity contribution is -0.130. The van der Waals surface area contributed by atoms with Crippen molar-refractivity contribution in [2.75, 3.05) is 39.0 Å². The lowest BCUT2D eigenvalue weighted by atomic mass is 10.3. The van der Waals surface area contributed by atoms with Gasteiger partial charge in [0.2, 0.25) is 5.91 Å². The van der Waals surface area contributed by atoms with Gasteiger partial charge in [-0.15, -0.1) is 0 Å². The van der Waals surface area contributed by atoms with Gasteiger partial charge in [0.1, 0.15) is 0 Å². The van der Waals surface area contributed by atoms with E-state index >= 15 is 0 Å². The molecular weight excluding hydrogens is 184 g/mol. The predicted molar refractivity (Wildman–Crippen MR) is 57.2 cm³/mol. The largest absolute Gasteiger partial charge is 0.341 e. The van der Waals surface area contributed by atoms with Gasteiger partial charge in [0.05, 0.1) is 0 Å². The summed E-state index contributed by atoms with van der Waals surface area (Å²) in [6.07, 6.45) is 1.67. The Morgan fingerprint density at radius 3 is 2.77 bits per heavy atom. The number of carbonyl (C=O) groups excluding carboxylic acids is 1. The summed E-state index contributed by atoms with van der Waals surface area (Å²) in [4.78, 5) is 15.7. The third kappa shape index (κ3) is 3.56. The molecule has 0 spiro atoms. The molecule has 0 unspecified atom stereocenters. The Hall–Kier alpha value is -0.220. The summed E-state index contributed by atoms with van der Waals surface area (Å²) in [7, 11) is 2.10. The Morgan fingerprint density at radius 2 is 2.08 bits per heavy atom. The zero-order valence-electron chi connectivity index (χ0n) is 8.20. The van der Waals surface area contributed by atoms with Crippen molar-refractivity contribution < 1.29 is 4.79 Å². The summed E-state index contributed by atoms with van der Waals surface area (Å²) in [5.74, 6) is 0.913. The highest BCUT2D eigenvalue weighted by Crippen LogP contribution is 2.03. The van der Waals surface area contributed by atoms with E-state index in [2.05, 4.69) is 24.6 Å². The highest BCUT2D eigenvalue weighted by atomic mass is 32.1. The molecule has 1 rings (SSSR count). The number of thiol groups is 1. The first kappa shape index (κ1) is 10.9. The maximum Gasteiger partial charge on any atom is 0.223 e. The van der Waals surface area contributed by atoms with Crippen LogP contribution in [0.1, 0.15) is 12.8 Å². The zero-order valence-corrected chi connectivity index (χ0v) is 9.09. The van der Waals surface area contributed by atoms with Crippen LogP contribution < -0.4 is 0 Å². The SMILES string of the molecule is CN1CCCN(C(=O)CCS)CC1. The van der Waals surface area contributed by atoms with E-state index in [9.17, 15) is 4.79 Å². The Kier molecular flexibility index (Phi) is 4.59. The fourth-order valence-electron chi connectivity index (χ4n) is 1.55. The van der Waals surface area contributed by atoms with E-state index < -0.39 is 0 Å². The number of likely N-dealkylation sites (N-methyl/N-ethyl adjacent to an activating group) is 1. The highest BCUT2D eigenvalue weighted by molar-refractivity contribution is 7.80. The van der Waals surface area contributed by atoms with E-state index in [1.807, 2.05) is 4.90 Å². The molecule has 1 aliphatic heterocycles. The van der Waals surface area contributed by atoms with Crippen LogP contribution in [0.4, 0.5) is 0 Å². The van der Waals surface area contributed by atoms with Crippen molar-refractivity contribution in [2.45, 2.75) is 12.8 Å². The number of nitrogens with zero attached hydrogens (tertiary/aromatic N) is 2. The molecule has 1 heterocycles. The second kappa shape index (κ2) is 5.50. The summed E-state index contributed by atoms with van der Waals surface area (Å²) >= 11 is 4.07. The summed E-state index contributed by atoms with van der Waals surface area (Å²) in [5.41, 5.74) is 0. The van der Waals surface area contributed by atoms with Gasteiger partial charge in [-0.1, -0.05) is 0 Å². The molecule has 0 aromatic heterocycles. The van der Waals surface area contributed by atoms with Gasteiger partial charge < -0.3 is 9.80 Å². The molecule has 76 valence electrons. The van der Waals surface area contributed by atoms with E-state index in [0.717, 1.165) is 32.6 Å². The third-order valence-electron chi connectivity index (χ3n) is 2.40. The lowest BCUT2D eigenvalue weighted by Crippen LogP contribution is -2.34. The molecule has 0 aliphatic carbocycles. The average Bonchev–Trinajstić information content (AvgIpc) is 2.30. The van der Waals surface area contributed by atoms with Crippen LogP contribution in [0.25, 0.3) is 0 Å². The highest BCUT2D eigenvalue weighted by Gasteiger charge is 2.15. The zero-order chi connectivity index (χ0) is 9.68. The van der Waals surface area contributed by atoms with Gasteiger partial charge in [-0.2, -0.15) is 12.6 Å². The molecule has 0 bridgehead atoms. The fraction of sp³-hybridized carbons (Fsp3) is 0.889. The van der Waals surface area contributed by atoms with Crippen molar-refractivity contribution in [3.63, 3.8) is 0 Å². The van der Waals surface area contributed by atoms with Crippen LogP contribution in [0, 0.1) is 0 Å². The summed E-state index contributed by atoms with van der Waals surface area (Å²) < 4.78 is 0. The topological polar surface area (TPSA) is 23.6 Å². The molecule has 0 aromatic carbocycles. The van der Waals surface area contributed by atoms with Crippen LogP contribution in [-0.2, 0) is 4.79 Å². The minimum absolute atomic E-state index is 0.255. The minimum atomic E-state index is 0.255. The Balaban J connectivity index is 2.37. The van der Waals surface area contributed by atoms with Gasteiger partial charge in [0, 0.05) is 26.1 Å². The van der Waals surface area contributed by atoms with Crippen LogP contribution >= 0.6 is 12.6 Å². The van der Waals surface area contributed by atoms with Crippen molar-refractivity contribution in [1.29, 1.82) is 0 Å². The van der Waals surface area contributed by atoms with Crippen molar-refractivity contribution in [2.24, 2.45) is 0 Å². The first-order valence-corrected chi connectivity index (χ1v) is 5.44. The maximum atomic E-state index is 11.5. The van der Waals surface area contributed by atoms with E-state index in [-0.39, 0.29) is 5.91 Å². The fourth-order valence-corrected chi connectivity index (χ4v) is 1.74. The average molecular weight is 202 g/mol. The van der Waals surface area contributed by atoms with Crippen LogP contribution in [0.3, 0.4) is 0 Å². The molecule has 0 radical (unpaired) electrons. The molecule has 1 aliphatic rings. The molecule has 3 nitrogen and oxygen atoms in total. The van der Waals surface area contributed by atoms with Gasteiger partial charge in [-0.3, -0.25) is 4.79 Å². The Bertz CT molecular complexity index is 175. The molecule has 1 saturated heterocycles. The molecule has 1 amide bonds. The third-order valence-corrected chi connectivity index (χ3v) is 2.62. The number of hydrogen-bond acceptors (Lipinski definition) is 3. The first-order chi connectivity index (χ1) is 6.24. The molecule has 0 aromatic rings. The first-order valence-electron chi connectivity index (χ1n) is 4.81. The second-order valence-electron chi connectivity index (χ2n) is 3.51. The molecular formula is C9H18N2OS. The van der Waals surface area contributed by atoms with E-state index in [1.54, 1.807) is 0 Å². The molecule has 0 N–H and O–H groups in total. The van der Waals surface area contributed by atoms with E-state index in [4.69, 9.17) is 0 Å². The quantitative estimate of drug-likeness (QED) is 0.658. The second-order valence-corrected chi connectivity index (χ2v) is 3.96. The Morgan fingerprint density at radius 1 is 1.31 bits per heavy atom. The summed E-state index contributed by atoms with van der Waals surface area (Å²) in [5, 5.41) is 0. The summed E-state index contributed by atoms with van der Waals surface area (Å²) in [6, 6.07) is 0. The van der Waals surface area contributed by atoms with E-state index in [0.29, 0.717) is 12.2 Å². The molecule has 0 atom stereocenters. The van der Waals surface area contributed by atoms with Gasteiger partial charge >= 0.3 is 0 Å². The van der Waals surface area contributed by atoms with Gasteiger partial charge in [-0.25, -0.2) is 0 Å². The number of rotatable bonds is 2. The van der Waals surface area contributed by atoms with Crippen LogP contribution in [0.5, 0.6) is 0 Å². The van der Waals surface area contributed by atoms with Crippen molar-refractivity contribution in [1.82, 2.24) is 9.80 Å². The molecule has 0 saturated carbocycles. The smallest absolute Gasteiger partial charge is 0.223 e. The minimum Gasteiger partial charge on any atom is -0.341 e. The van der Waals surface area contributed by atoms with Gasteiger partial charge in [0.25, 0.3) is 0 Å². The number of carbonyl (C=O) groups is 1. The molecule has 4 heteroatoms. The standard InChI is InChI=1S/C9H18N2OS/c1-10-4-2-5-11(7-6-10)9(12)3-8-13/h13H,2-8H2,1H3. The van der Waals surface area contributed by atoms with Crippen molar-refractivity contribution >= 4 is 18.5 Å². The van der Waals surface area contributed by atoms with Crippen LogP contribution in [0.2, 0.25) is 0 Å². The lowest BCUT2D eigenvalue weighted by Gasteiger charge is -2.19. The molecule has 1 fully saturated rings.